The van der Waals surface area contributed by atoms with Gasteiger partial charge in [-0.2, -0.15) is 0 Å². The summed E-state index contributed by atoms with van der Waals surface area (Å²) in [6.07, 6.45) is 2.72. The molecular weight excluding hydrogens is 250 g/mol. The van der Waals surface area contributed by atoms with E-state index >= 15 is 0 Å². The summed E-state index contributed by atoms with van der Waals surface area (Å²) < 4.78 is 0. The Kier molecular flexibility index (Phi) is 4.57. The highest BCUT2D eigenvalue weighted by Gasteiger charge is 2.24. The summed E-state index contributed by atoms with van der Waals surface area (Å²) in [5.74, 6) is -1.10. The Morgan fingerprint density at radius 2 is 2.32 bits per heavy atom. The van der Waals surface area contributed by atoms with Crippen LogP contribution in [0.3, 0.4) is 0 Å². The summed E-state index contributed by atoms with van der Waals surface area (Å²) in [7, 11) is 0. The lowest BCUT2D eigenvalue weighted by atomic mass is 10.2. The molecule has 1 aromatic rings. The Labute approximate surface area is 110 Å². The number of nitro groups is 1. The predicted molar refractivity (Wildman–Crippen MR) is 70.5 cm³/mol. The molecule has 7 nitrogen and oxygen atoms in total. The minimum Gasteiger partial charge on any atom is -0.478 e. The maximum absolute atomic E-state index is 11.0. The van der Waals surface area contributed by atoms with Gasteiger partial charge in [0.2, 0.25) is 5.82 Å². The summed E-state index contributed by atoms with van der Waals surface area (Å²) in [6, 6.07) is 0.989. The maximum atomic E-state index is 11.0. The SMILES string of the molecule is C=CCN(c1ncc(C(=O)O)cc1[N+](=O)[O-])C(C)C. The Morgan fingerprint density at radius 1 is 1.68 bits per heavy atom. The van der Waals surface area contributed by atoms with Crippen molar-refractivity contribution in [3.63, 3.8) is 0 Å². The number of rotatable bonds is 6. The number of pyridine rings is 1. The van der Waals surface area contributed by atoms with Crippen molar-refractivity contribution in [1.29, 1.82) is 0 Å². The van der Waals surface area contributed by atoms with E-state index in [2.05, 4.69) is 11.6 Å². The lowest BCUT2D eigenvalue weighted by Gasteiger charge is -2.26. The summed E-state index contributed by atoms with van der Waals surface area (Å²) in [5.41, 5.74) is -0.534. The van der Waals surface area contributed by atoms with Gasteiger partial charge in [0.1, 0.15) is 0 Å². The third-order valence-corrected chi connectivity index (χ3v) is 2.51. The average molecular weight is 265 g/mol. The normalized spacial score (nSPS) is 10.3. The summed E-state index contributed by atoms with van der Waals surface area (Å²) >= 11 is 0. The Morgan fingerprint density at radius 3 is 2.74 bits per heavy atom. The van der Waals surface area contributed by atoms with Gasteiger partial charge in [-0.05, 0) is 13.8 Å². The highest BCUT2D eigenvalue weighted by Crippen LogP contribution is 2.27. The molecule has 0 saturated heterocycles. The number of carboxylic acids is 1. The van der Waals surface area contributed by atoms with Crippen LogP contribution in [0.2, 0.25) is 0 Å². The van der Waals surface area contributed by atoms with Gasteiger partial charge in [0.15, 0.2) is 0 Å². The molecule has 1 N–H and O–H groups in total. The van der Waals surface area contributed by atoms with Crippen molar-refractivity contribution in [3.8, 4) is 0 Å². The van der Waals surface area contributed by atoms with Crippen LogP contribution in [0.5, 0.6) is 0 Å². The first-order valence-corrected chi connectivity index (χ1v) is 5.63. The molecule has 0 aromatic carbocycles. The maximum Gasteiger partial charge on any atom is 0.337 e. The third kappa shape index (κ3) is 3.27. The van der Waals surface area contributed by atoms with Crippen LogP contribution in [0.4, 0.5) is 11.5 Å². The van der Waals surface area contributed by atoms with E-state index in [1.54, 1.807) is 11.0 Å². The summed E-state index contributed by atoms with van der Waals surface area (Å²) in [5, 5.41) is 19.9. The largest absolute Gasteiger partial charge is 0.478 e. The van der Waals surface area contributed by atoms with Crippen LogP contribution in [0.1, 0.15) is 24.2 Å². The number of nitrogens with zero attached hydrogens (tertiary/aromatic N) is 3. The zero-order valence-electron chi connectivity index (χ0n) is 10.7. The Balaban J connectivity index is 3.36. The molecule has 1 heterocycles. The van der Waals surface area contributed by atoms with E-state index in [1.807, 2.05) is 13.8 Å². The number of carbonyl (C=O) groups is 1. The van der Waals surface area contributed by atoms with Crippen LogP contribution in [-0.2, 0) is 0 Å². The van der Waals surface area contributed by atoms with Crippen molar-refractivity contribution in [1.82, 2.24) is 4.98 Å². The zero-order valence-corrected chi connectivity index (χ0v) is 10.7. The molecule has 0 atom stereocenters. The second-order valence-corrected chi connectivity index (χ2v) is 4.16. The zero-order chi connectivity index (χ0) is 14.6. The summed E-state index contributed by atoms with van der Waals surface area (Å²) in [6.45, 7) is 7.70. The van der Waals surface area contributed by atoms with Crippen molar-refractivity contribution in [3.05, 3.63) is 40.6 Å². The first kappa shape index (κ1) is 14.6. The monoisotopic (exact) mass is 265 g/mol. The minimum absolute atomic E-state index is 0.0279. The third-order valence-electron chi connectivity index (χ3n) is 2.51. The van der Waals surface area contributed by atoms with Gasteiger partial charge < -0.3 is 10.0 Å². The molecule has 0 unspecified atom stereocenters. The van der Waals surface area contributed by atoms with Gasteiger partial charge in [0.05, 0.1) is 10.5 Å². The van der Waals surface area contributed by atoms with E-state index < -0.39 is 10.9 Å². The van der Waals surface area contributed by atoms with Gasteiger partial charge in [-0.3, -0.25) is 10.1 Å². The van der Waals surface area contributed by atoms with Crippen LogP contribution in [0.25, 0.3) is 0 Å². The molecule has 102 valence electrons. The first-order chi connectivity index (χ1) is 8.88. The lowest BCUT2D eigenvalue weighted by Crippen LogP contribution is -2.32. The van der Waals surface area contributed by atoms with Crippen molar-refractivity contribution >= 4 is 17.5 Å². The second kappa shape index (κ2) is 5.94. The fourth-order valence-corrected chi connectivity index (χ4v) is 1.60. The Hall–Kier alpha value is -2.44. The molecule has 0 saturated carbocycles. The Bertz CT molecular complexity index is 514. The van der Waals surface area contributed by atoms with Crippen molar-refractivity contribution in [2.24, 2.45) is 0 Å². The molecule has 0 amide bonds. The molecular formula is C12H15N3O4. The molecule has 0 radical (unpaired) electrons. The van der Waals surface area contributed by atoms with Crippen molar-refractivity contribution in [2.75, 3.05) is 11.4 Å². The van der Waals surface area contributed by atoms with E-state index in [4.69, 9.17) is 5.11 Å². The number of aromatic nitrogens is 1. The van der Waals surface area contributed by atoms with Crippen LogP contribution in [-0.4, -0.2) is 33.6 Å². The van der Waals surface area contributed by atoms with Gasteiger partial charge in [-0.15, -0.1) is 6.58 Å². The number of aromatic carboxylic acids is 1. The fourth-order valence-electron chi connectivity index (χ4n) is 1.60. The predicted octanol–water partition coefficient (Wildman–Crippen LogP) is 2.09. The molecule has 7 heteroatoms. The average Bonchev–Trinajstić information content (AvgIpc) is 2.34. The topological polar surface area (TPSA) is 96.6 Å². The molecule has 0 fully saturated rings. The number of hydrogen-bond donors (Lipinski definition) is 1. The highest BCUT2D eigenvalue weighted by atomic mass is 16.6. The van der Waals surface area contributed by atoms with E-state index in [0.717, 1.165) is 12.3 Å². The molecule has 0 aliphatic heterocycles. The molecule has 0 aliphatic carbocycles. The van der Waals surface area contributed by atoms with E-state index in [0.29, 0.717) is 6.54 Å². The van der Waals surface area contributed by atoms with Crippen LogP contribution in [0, 0.1) is 10.1 Å². The number of carboxylic acid groups (broad SMARTS) is 1. The van der Waals surface area contributed by atoms with Gasteiger partial charge in [-0.25, -0.2) is 9.78 Å². The van der Waals surface area contributed by atoms with Crippen molar-refractivity contribution < 1.29 is 14.8 Å². The molecule has 0 aliphatic rings. The molecule has 1 aromatic heterocycles. The first-order valence-electron chi connectivity index (χ1n) is 5.63. The van der Waals surface area contributed by atoms with Crippen LogP contribution in [0.15, 0.2) is 24.9 Å². The fraction of sp³-hybridized carbons (Fsp3) is 0.333. The smallest absolute Gasteiger partial charge is 0.337 e. The van der Waals surface area contributed by atoms with E-state index in [9.17, 15) is 14.9 Å². The number of anilines is 1. The molecule has 1 rings (SSSR count). The van der Waals surface area contributed by atoms with E-state index in [1.165, 1.54) is 0 Å². The molecule has 0 spiro atoms. The van der Waals surface area contributed by atoms with Gasteiger partial charge in [-0.1, -0.05) is 6.08 Å². The lowest BCUT2D eigenvalue weighted by molar-refractivity contribution is -0.384. The summed E-state index contributed by atoms with van der Waals surface area (Å²) in [4.78, 5) is 26.8. The number of hydrogen-bond acceptors (Lipinski definition) is 5. The molecule has 19 heavy (non-hydrogen) atoms. The molecule has 0 bridgehead atoms. The minimum atomic E-state index is -1.25. The van der Waals surface area contributed by atoms with Crippen molar-refractivity contribution in [2.45, 2.75) is 19.9 Å². The van der Waals surface area contributed by atoms with Gasteiger partial charge in [0.25, 0.3) is 0 Å². The van der Waals surface area contributed by atoms with Gasteiger partial charge >= 0.3 is 11.7 Å². The highest BCUT2D eigenvalue weighted by molar-refractivity contribution is 5.88. The standard InChI is InChI=1S/C12H15N3O4/c1-4-5-14(8(2)3)11-10(15(18)19)6-9(7-13-11)12(16)17/h4,6-8H,1,5H2,2-3H3,(H,16,17). The quantitative estimate of drug-likeness (QED) is 0.480. The van der Waals surface area contributed by atoms with Crippen LogP contribution >= 0.6 is 0 Å². The van der Waals surface area contributed by atoms with Crippen LogP contribution < -0.4 is 4.90 Å². The van der Waals surface area contributed by atoms with Gasteiger partial charge in [0, 0.05) is 24.8 Å². The van der Waals surface area contributed by atoms with E-state index in [-0.39, 0.29) is 23.1 Å². The second-order valence-electron chi connectivity index (χ2n) is 4.16.